The first-order valence-electron chi connectivity index (χ1n) is 13.7. The fraction of sp³-hybridized carbons (Fsp3) is 0.452. The first-order chi connectivity index (χ1) is 18.2. The van der Waals surface area contributed by atoms with Crippen molar-refractivity contribution in [2.24, 2.45) is 0 Å². The van der Waals surface area contributed by atoms with Gasteiger partial charge in [-0.2, -0.15) is 13.2 Å². The van der Waals surface area contributed by atoms with Crippen molar-refractivity contribution in [3.8, 4) is 0 Å². The van der Waals surface area contributed by atoms with Gasteiger partial charge in [0.05, 0.1) is 5.56 Å². The van der Waals surface area contributed by atoms with Gasteiger partial charge < -0.3 is 14.5 Å². The third kappa shape index (κ3) is 6.08. The highest BCUT2D eigenvalue weighted by atomic mass is 19.4. The standard InChI is InChI=1S/C31H38F3N3O/c1-4-26-22(2)29-27(18-17-25-30(29)24(31(32,33)34)21-28(38)35-25)37(26)20-14-9-7-5-6-8-13-19-36(3)23-15-11-10-12-16-23/h10-12,15-18,21H,4-9,13-14,19-20H2,1-3H3,(H,35,38). The number of pyridine rings is 1. The summed E-state index contributed by atoms with van der Waals surface area (Å²) in [4.78, 5) is 16.8. The number of rotatable bonds is 12. The molecule has 38 heavy (non-hydrogen) atoms. The molecule has 0 aliphatic carbocycles. The second kappa shape index (κ2) is 12.1. The molecule has 4 nitrogen and oxygen atoms in total. The number of aromatic amines is 1. The summed E-state index contributed by atoms with van der Waals surface area (Å²) in [6.45, 7) is 5.79. The average Bonchev–Trinajstić information content (AvgIpc) is 3.17. The number of anilines is 1. The molecule has 0 unspecified atom stereocenters. The summed E-state index contributed by atoms with van der Waals surface area (Å²) in [5.74, 6) is 0. The van der Waals surface area contributed by atoms with Gasteiger partial charge in [0.15, 0.2) is 0 Å². The van der Waals surface area contributed by atoms with Crippen LogP contribution in [0.25, 0.3) is 21.8 Å². The van der Waals surface area contributed by atoms with Crippen LogP contribution in [-0.2, 0) is 19.1 Å². The molecule has 0 atom stereocenters. The summed E-state index contributed by atoms with van der Waals surface area (Å²) in [6, 6.07) is 14.6. The van der Waals surface area contributed by atoms with Crippen LogP contribution < -0.4 is 10.5 Å². The van der Waals surface area contributed by atoms with Crippen molar-refractivity contribution < 1.29 is 13.2 Å². The molecule has 0 aliphatic heterocycles. The number of para-hydroxylation sites is 1. The summed E-state index contributed by atoms with van der Waals surface area (Å²) in [6.07, 6.45) is 4.21. The summed E-state index contributed by atoms with van der Waals surface area (Å²) >= 11 is 0. The van der Waals surface area contributed by atoms with E-state index in [1.54, 1.807) is 6.07 Å². The van der Waals surface area contributed by atoms with Gasteiger partial charge in [-0.15, -0.1) is 0 Å². The maximum Gasteiger partial charge on any atom is 0.417 e. The zero-order chi connectivity index (χ0) is 27.3. The van der Waals surface area contributed by atoms with Crippen molar-refractivity contribution >= 4 is 27.5 Å². The first-order valence-corrected chi connectivity index (χ1v) is 13.7. The number of hydrogen-bond acceptors (Lipinski definition) is 2. The SMILES string of the molecule is CCc1c(C)c2c3c(C(F)(F)F)cc(=O)[nH]c3ccc2n1CCCCCCCCCN(C)c1ccccc1. The maximum atomic E-state index is 13.9. The van der Waals surface area contributed by atoms with Gasteiger partial charge in [0.25, 0.3) is 0 Å². The summed E-state index contributed by atoms with van der Waals surface area (Å²) < 4.78 is 43.9. The lowest BCUT2D eigenvalue weighted by Crippen LogP contribution is -2.18. The monoisotopic (exact) mass is 525 g/mol. The van der Waals surface area contributed by atoms with Crippen molar-refractivity contribution in [3.05, 3.63) is 75.7 Å². The van der Waals surface area contributed by atoms with Gasteiger partial charge in [0.1, 0.15) is 0 Å². The number of aromatic nitrogens is 2. The molecule has 7 heteroatoms. The lowest BCUT2D eigenvalue weighted by Gasteiger charge is -2.18. The third-order valence-electron chi connectivity index (χ3n) is 7.62. The van der Waals surface area contributed by atoms with E-state index in [9.17, 15) is 18.0 Å². The second-order valence-electron chi connectivity index (χ2n) is 10.2. The van der Waals surface area contributed by atoms with Crippen molar-refractivity contribution in [2.75, 3.05) is 18.5 Å². The second-order valence-corrected chi connectivity index (χ2v) is 10.2. The van der Waals surface area contributed by atoms with Crippen LogP contribution >= 0.6 is 0 Å². The Morgan fingerprint density at radius 1 is 0.895 bits per heavy atom. The van der Waals surface area contributed by atoms with E-state index in [0.29, 0.717) is 11.5 Å². The van der Waals surface area contributed by atoms with E-state index in [1.165, 1.54) is 31.4 Å². The molecule has 0 saturated carbocycles. The number of halogens is 3. The summed E-state index contributed by atoms with van der Waals surface area (Å²) in [5, 5.41) is 0.696. The van der Waals surface area contributed by atoms with Crippen LogP contribution in [-0.4, -0.2) is 23.1 Å². The smallest absolute Gasteiger partial charge is 0.375 e. The number of fused-ring (bicyclic) bond motifs is 3. The minimum absolute atomic E-state index is 0.0958. The van der Waals surface area contributed by atoms with E-state index in [-0.39, 0.29) is 10.9 Å². The van der Waals surface area contributed by atoms with Gasteiger partial charge in [-0.25, -0.2) is 0 Å². The lowest BCUT2D eigenvalue weighted by molar-refractivity contribution is -0.136. The van der Waals surface area contributed by atoms with Crippen LogP contribution in [0.2, 0.25) is 0 Å². The van der Waals surface area contributed by atoms with Gasteiger partial charge in [-0.05, 0) is 56.0 Å². The molecule has 2 aromatic heterocycles. The van der Waals surface area contributed by atoms with Crippen LogP contribution in [0.1, 0.15) is 68.7 Å². The molecule has 0 radical (unpaired) electrons. The fourth-order valence-corrected chi connectivity index (χ4v) is 5.69. The van der Waals surface area contributed by atoms with Crippen molar-refractivity contribution in [3.63, 3.8) is 0 Å². The van der Waals surface area contributed by atoms with Crippen molar-refractivity contribution in [2.45, 2.75) is 77.9 Å². The molecular weight excluding hydrogens is 487 g/mol. The number of benzene rings is 2. The number of hydrogen-bond donors (Lipinski definition) is 1. The average molecular weight is 526 g/mol. The maximum absolute atomic E-state index is 13.9. The number of aryl methyl sites for hydroxylation is 2. The molecule has 4 aromatic rings. The van der Waals surface area contributed by atoms with Crippen LogP contribution in [0.15, 0.2) is 53.3 Å². The number of nitrogens with zero attached hydrogens (tertiary/aromatic N) is 2. The van der Waals surface area contributed by atoms with Crippen LogP contribution in [0.3, 0.4) is 0 Å². The Morgan fingerprint density at radius 2 is 1.55 bits per heavy atom. The first kappa shape index (κ1) is 27.8. The van der Waals surface area contributed by atoms with E-state index in [1.807, 2.05) is 26.0 Å². The number of unbranched alkanes of at least 4 members (excludes halogenated alkanes) is 6. The zero-order valence-electron chi connectivity index (χ0n) is 22.6. The van der Waals surface area contributed by atoms with Crippen molar-refractivity contribution in [1.82, 2.24) is 9.55 Å². The van der Waals surface area contributed by atoms with Gasteiger partial charge in [-0.3, -0.25) is 4.79 Å². The number of nitrogens with one attached hydrogen (secondary N) is 1. The van der Waals surface area contributed by atoms with Crippen LogP contribution in [0.5, 0.6) is 0 Å². The van der Waals surface area contributed by atoms with E-state index >= 15 is 0 Å². The number of H-pyrrole nitrogens is 1. The minimum Gasteiger partial charge on any atom is -0.375 e. The molecule has 0 saturated heterocycles. The Bertz CT molecular complexity index is 1420. The predicted molar refractivity (Wildman–Crippen MR) is 151 cm³/mol. The summed E-state index contributed by atoms with van der Waals surface area (Å²) in [7, 11) is 2.14. The minimum atomic E-state index is -4.60. The molecular formula is C31H38F3N3O. The molecule has 2 heterocycles. The van der Waals surface area contributed by atoms with Gasteiger partial charge in [0.2, 0.25) is 5.56 Å². The Hall–Kier alpha value is -3.22. The van der Waals surface area contributed by atoms with Gasteiger partial charge in [0, 0.05) is 59.4 Å². The highest BCUT2D eigenvalue weighted by Crippen LogP contribution is 2.39. The largest absolute Gasteiger partial charge is 0.417 e. The van der Waals surface area contributed by atoms with E-state index < -0.39 is 17.3 Å². The molecule has 4 rings (SSSR count). The third-order valence-corrected chi connectivity index (χ3v) is 7.62. The zero-order valence-corrected chi connectivity index (χ0v) is 22.6. The fourth-order valence-electron chi connectivity index (χ4n) is 5.69. The Kier molecular flexibility index (Phi) is 8.85. The Labute approximate surface area is 222 Å². The normalized spacial score (nSPS) is 12.1. The highest BCUT2D eigenvalue weighted by molar-refractivity contribution is 6.09. The highest BCUT2D eigenvalue weighted by Gasteiger charge is 2.34. The number of alkyl halides is 3. The summed E-state index contributed by atoms with van der Waals surface area (Å²) in [5.41, 5.74) is 2.63. The molecule has 0 aliphatic rings. The molecule has 0 spiro atoms. The van der Waals surface area contributed by atoms with Crippen molar-refractivity contribution in [1.29, 1.82) is 0 Å². The Morgan fingerprint density at radius 3 is 2.21 bits per heavy atom. The molecule has 0 fully saturated rings. The van der Waals surface area contributed by atoms with Crippen LogP contribution in [0, 0.1) is 6.92 Å². The Balaban J connectivity index is 1.36. The quantitative estimate of drug-likeness (QED) is 0.189. The molecule has 0 bridgehead atoms. The van der Waals surface area contributed by atoms with E-state index in [2.05, 4.69) is 45.8 Å². The molecule has 0 amide bonds. The molecule has 1 N–H and O–H groups in total. The lowest BCUT2D eigenvalue weighted by atomic mass is 10.0. The predicted octanol–water partition coefficient (Wildman–Crippen LogP) is 8.24. The molecule has 2 aromatic carbocycles. The van der Waals surface area contributed by atoms with Gasteiger partial charge >= 0.3 is 6.18 Å². The van der Waals surface area contributed by atoms with E-state index in [4.69, 9.17) is 0 Å². The van der Waals surface area contributed by atoms with E-state index in [0.717, 1.165) is 55.5 Å². The molecule has 204 valence electrons. The topological polar surface area (TPSA) is 41.0 Å². The van der Waals surface area contributed by atoms with Crippen LogP contribution in [0.4, 0.5) is 18.9 Å². The van der Waals surface area contributed by atoms with Gasteiger partial charge in [-0.1, -0.05) is 57.2 Å².